The second-order valence-electron chi connectivity index (χ2n) is 3.96. The first-order chi connectivity index (χ1) is 8.72. The first kappa shape index (κ1) is 12.6. The van der Waals surface area contributed by atoms with E-state index in [4.69, 9.17) is 15.2 Å². The van der Waals surface area contributed by atoms with Crippen molar-refractivity contribution in [3.05, 3.63) is 6.33 Å². The van der Waals surface area contributed by atoms with Crippen molar-refractivity contribution in [2.24, 2.45) is 7.05 Å². The number of aromatic nitrogens is 4. The maximum absolute atomic E-state index is 5.64. The lowest BCUT2D eigenvalue weighted by molar-refractivity contribution is 0.183. The molecule has 2 aromatic heterocycles. The number of nitrogens with zero attached hydrogens (tertiary/aromatic N) is 4. The van der Waals surface area contributed by atoms with E-state index in [2.05, 4.69) is 15.0 Å². The molecule has 7 heteroatoms. The van der Waals surface area contributed by atoms with Gasteiger partial charge in [0.1, 0.15) is 0 Å². The number of hydrogen-bond donors (Lipinski definition) is 1. The monoisotopic (exact) mass is 251 g/mol. The van der Waals surface area contributed by atoms with E-state index < -0.39 is 0 Å². The largest absolute Gasteiger partial charge is 0.476 e. The van der Waals surface area contributed by atoms with Gasteiger partial charge in [-0.15, -0.1) is 0 Å². The van der Waals surface area contributed by atoms with Crippen LogP contribution in [-0.4, -0.2) is 39.8 Å². The molecule has 2 heterocycles. The number of anilines is 1. The molecule has 0 bridgehead atoms. The van der Waals surface area contributed by atoms with Crippen LogP contribution in [-0.2, 0) is 11.8 Å². The molecule has 18 heavy (non-hydrogen) atoms. The molecule has 0 aliphatic heterocycles. The number of methoxy groups -OCH3 is 1. The second kappa shape index (κ2) is 5.63. The summed E-state index contributed by atoms with van der Waals surface area (Å²) in [6.07, 6.45) is 3.51. The van der Waals surface area contributed by atoms with Crippen LogP contribution in [0.25, 0.3) is 11.2 Å². The summed E-state index contributed by atoms with van der Waals surface area (Å²) < 4.78 is 12.4. The van der Waals surface area contributed by atoms with E-state index in [1.54, 1.807) is 18.0 Å². The van der Waals surface area contributed by atoms with Crippen LogP contribution in [0.2, 0.25) is 0 Å². The average Bonchev–Trinajstić information content (AvgIpc) is 2.71. The van der Waals surface area contributed by atoms with Gasteiger partial charge in [0.2, 0.25) is 11.8 Å². The molecule has 98 valence electrons. The van der Waals surface area contributed by atoms with Gasteiger partial charge in [-0.25, -0.2) is 4.98 Å². The van der Waals surface area contributed by atoms with Crippen molar-refractivity contribution < 1.29 is 9.47 Å². The van der Waals surface area contributed by atoms with Crippen LogP contribution in [0, 0.1) is 0 Å². The lowest BCUT2D eigenvalue weighted by Crippen LogP contribution is -2.05. The number of unbranched alkanes of at least 4 members (excludes halogenated alkanes) is 1. The first-order valence-electron chi connectivity index (χ1n) is 5.78. The van der Waals surface area contributed by atoms with Crippen LogP contribution in [0.1, 0.15) is 12.8 Å². The van der Waals surface area contributed by atoms with Crippen molar-refractivity contribution in [1.29, 1.82) is 0 Å². The van der Waals surface area contributed by atoms with Gasteiger partial charge in [0.25, 0.3) is 0 Å². The Morgan fingerprint density at radius 1 is 1.28 bits per heavy atom. The Bertz CT molecular complexity index is 525. The van der Waals surface area contributed by atoms with E-state index >= 15 is 0 Å². The van der Waals surface area contributed by atoms with E-state index in [1.807, 2.05) is 7.05 Å². The standard InChI is InChI=1S/C11H17N5O2/c1-16-7-13-8-9(16)14-11(12)15-10(8)18-6-4-3-5-17-2/h7H,3-6H2,1-2H3,(H2,12,14,15). The minimum atomic E-state index is 0.193. The molecule has 0 aromatic carbocycles. The fraction of sp³-hybridized carbons (Fsp3) is 0.545. The number of rotatable bonds is 6. The number of nitrogen functional groups attached to an aromatic ring is 1. The molecule has 0 saturated heterocycles. The van der Waals surface area contributed by atoms with Gasteiger partial charge in [-0.1, -0.05) is 0 Å². The lowest BCUT2D eigenvalue weighted by Gasteiger charge is -2.06. The Labute approximate surface area is 105 Å². The Morgan fingerprint density at radius 2 is 2.06 bits per heavy atom. The van der Waals surface area contributed by atoms with Crippen molar-refractivity contribution in [3.8, 4) is 5.88 Å². The van der Waals surface area contributed by atoms with E-state index in [1.165, 1.54) is 0 Å². The second-order valence-corrected chi connectivity index (χ2v) is 3.96. The van der Waals surface area contributed by atoms with Crippen LogP contribution in [0.5, 0.6) is 5.88 Å². The zero-order valence-electron chi connectivity index (χ0n) is 10.6. The molecular formula is C11H17N5O2. The Kier molecular flexibility index (Phi) is 3.93. The highest BCUT2D eigenvalue weighted by Gasteiger charge is 2.11. The lowest BCUT2D eigenvalue weighted by atomic mass is 10.3. The summed E-state index contributed by atoms with van der Waals surface area (Å²) in [6.45, 7) is 1.29. The van der Waals surface area contributed by atoms with E-state index in [9.17, 15) is 0 Å². The average molecular weight is 251 g/mol. The maximum atomic E-state index is 5.64. The summed E-state index contributed by atoms with van der Waals surface area (Å²) in [5.41, 5.74) is 6.95. The number of hydrogen-bond acceptors (Lipinski definition) is 6. The zero-order chi connectivity index (χ0) is 13.0. The van der Waals surface area contributed by atoms with Gasteiger partial charge in [0.05, 0.1) is 12.9 Å². The van der Waals surface area contributed by atoms with Crippen molar-refractivity contribution in [1.82, 2.24) is 19.5 Å². The minimum absolute atomic E-state index is 0.193. The third-order valence-electron chi connectivity index (χ3n) is 2.53. The molecule has 0 atom stereocenters. The van der Waals surface area contributed by atoms with Gasteiger partial charge in [-0.3, -0.25) is 0 Å². The van der Waals surface area contributed by atoms with Gasteiger partial charge < -0.3 is 19.8 Å². The molecule has 0 radical (unpaired) electrons. The van der Waals surface area contributed by atoms with Gasteiger partial charge in [-0.2, -0.15) is 9.97 Å². The predicted octanol–water partition coefficient (Wildman–Crippen LogP) is 0.751. The van der Waals surface area contributed by atoms with Crippen LogP contribution in [0.4, 0.5) is 5.95 Å². The Balaban J connectivity index is 2.08. The predicted molar refractivity (Wildman–Crippen MR) is 67.3 cm³/mol. The van der Waals surface area contributed by atoms with Crippen molar-refractivity contribution in [2.75, 3.05) is 26.1 Å². The first-order valence-corrected chi connectivity index (χ1v) is 5.78. The smallest absolute Gasteiger partial charge is 0.247 e. The summed E-state index contributed by atoms with van der Waals surface area (Å²) in [6, 6.07) is 0. The van der Waals surface area contributed by atoms with Crippen LogP contribution in [0.3, 0.4) is 0 Å². The molecule has 0 unspecified atom stereocenters. The molecule has 0 spiro atoms. The summed E-state index contributed by atoms with van der Waals surface area (Å²) in [5.74, 6) is 0.633. The van der Waals surface area contributed by atoms with E-state index in [0.29, 0.717) is 23.7 Å². The quantitative estimate of drug-likeness (QED) is 0.762. The number of ether oxygens (including phenoxy) is 2. The van der Waals surface area contributed by atoms with Gasteiger partial charge in [0, 0.05) is 20.8 Å². The molecule has 0 amide bonds. The number of aryl methyl sites for hydroxylation is 1. The van der Waals surface area contributed by atoms with Crippen molar-refractivity contribution in [2.45, 2.75) is 12.8 Å². The van der Waals surface area contributed by atoms with E-state index in [-0.39, 0.29) is 5.95 Å². The maximum Gasteiger partial charge on any atom is 0.247 e. The molecule has 2 N–H and O–H groups in total. The summed E-state index contributed by atoms with van der Waals surface area (Å²) in [5, 5.41) is 0. The third kappa shape index (κ3) is 2.67. The summed E-state index contributed by atoms with van der Waals surface area (Å²) >= 11 is 0. The Hall–Kier alpha value is -1.89. The molecular weight excluding hydrogens is 234 g/mol. The molecule has 0 aliphatic carbocycles. The van der Waals surface area contributed by atoms with Crippen molar-refractivity contribution in [3.63, 3.8) is 0 Å². The molecule has 2 aromatic rings. The SMILES string of the molecule is COCCCCOc1nc(N)nc2c1ncn2C. The fourth-order valence-corrected chi connectivity index (χ4v) is 1.61. The number of imidazole rings is 1. The molecule has 7 nitrogen and oxygen atoms in total. The number of nitrogens with two attached hydrogens (primary N) is 1. The van der Waals surface area contributed by atoms with Gasteiger partial charge >= 0.3 is 0 Å². The highest BCUT2D eigenvalue weighted by Crippen LogP contribution is 2.21. The third-order valence-corrected chi connectivity index (χ3v) is 2.53. The number of fused-ring (bicyclic) bond motifs is 1. The minimum Gasteiger partial charge on any atom is -0.476 e. The molecule has 0 fully saturated rings. The van der Waals surface area contributed by atoms with Crippen LogP contribution < -0.4 is 10.5 Å². The zero-order valence-corrected chi connectivity index (χ0v) is 10.6. The normalized spacial score (nSPS) is 11.0. The van der Waals surface area contributed by atoms with Crippen LogP contribution in [0.15, 0.2) is 6.33 Å². The van der Waals surface area contributed by atoms with E-state index in [0.717, 1.165) is 19.4 Å². The molecule has 2 rings (SSSR count). The molecule has 0 saturated carbocycles. The summed E-state index contributed by atoms with van der Waals surface area (Å²) in [4.78, 5) is 12.4. The fourth-order valence-electron chi connectivity index (χ4n) is 1.61. The van der Waals surface area contributed by atoms with Gasteiger partial charge in [0.15, 0.2) is 11.2 Å². The highest BCUT2D eigenvalue weighted by molar-refractivity contribution is 5.77. The Morgan fingerprint density at radius 3 is 2.83 bits per heavy atom. The topological polar surface area (TPSA) is 88.1 Å². The van der Waals surface area contributed by atoms with Gasteiger partial charge in [-0.05, 0) is 12.8 Å². The highest BCUT2D eigenvalue weighted by atomic mass is 16.5. The molecule has 0 aliphatic rings. The van der Waals surface area contributed by atoms with Crippen molar-refractivity contribution >= 4 is 17.1 Å². The summed E-state index contributed by atoms with van der Waals surface area (Å²) in [7, 11) is 3.54. The van der Waals surface area contributed by atoms with Crippen LogP contribution >= 0.6 is 0 Å².